The first kappa shape index (κ1) is 15.2. The maximum atomic E-state index is 6.02. The van der Waals surface area contributed by atoms with Crippen molar-refractivity contribution in [3.63, 3.8) is 0 Å². The molecular formula is C14H29N3O2. The molecule has 0 bridgehead atoms. The number of nitrogens with zero attached hydrogens (tertiary/aromatic N) is 1. The molecule has 0 aromatic carbocycles. The van der Waals surface area contributed by atoms with E-state index in [1.54, 1.807) is 0 Å². The maximum absolute atomic E-state index is 6.02. The zero-order valence-electron chi connectivity index (χ0n) is 12.7. The number of hydrogen-bond acceptors (Lipinski definition) is 5. The van der Waals surface area contributed by atoms with Crippen LogP contribution in [0, 0.1) is 5.92 Å². The number of ether oxygens (including phenoxy) is 2. The van der Waals surface area contributed by atoms with Gasteiger partial charge in [0, 0.05) is 31.2 Å². The van der Waals surface area contributed by atoms with Crippen LogP contribution in [0.1, 0.15) is 33.1 Å². The van der Waals surface area contributed by atoms with Gasteiger partial charge in [0.1, 0.15) is 0 Å². The fourth-order valence-electron chi connectivity index (χ4n) is 3.41. The van der Waals surface area contributed by atoms with E-state index in [9.17, 15) is 0 Å². The van der Waals surface area contributed by atoms with Crippen LogP contribution in [0.4, 0.5) is 0 Å². The molecule has 2 rings (SSSR count). The zero-order valence-corrected chi connectivity index (χ0v) is 12.7. The number of hydrazine groups is 1. The Bertz CT molecular complexity index is 301. The molecule has 2 fully saturated rings. The Hall–Kier alpha value is -0.200. The van der Waals surface area contributed by atoms with E-state index in [-0.39, 0.29) is 17.2 Å². The van der Waals surface area contributed by atoms with E-state index in [2.05, 4.69) is 38.3 Å². The molecule has 2 saturated heterocycles. The Morgan fingerprint density at radius 3 is 2.63 bits per heavy atom. The van der Waals surface area contributed by atoms with Gasteiger partial charge in [0.2, 0.25) is 0 Å². The molecule has 5 heteroatoms. The Morgan fingerprint density at radius 1 is 1.37 bits per heavy atom. The van der Waals surface area contributed by atoms with E-state index in [0.29, 0.717) is 5.92 Å². The summed E-state index contributed by atoms with van der Waals surface area (Å²) in [5.74, 6) is 6.39. The first-order chi connectivity index (χ1) is 8.91. The molecule has 5 nitrogen and oxygen atoms in total. The van der Waals surface area contributed by atoms with Crippen molar-refractivity contribution >= 4 is 0 Å². The number of rotatable bonds is 4. The van der Waals surface area contributed by atoms with Gasteiger partial charge in [-0.05, 0) is 46.7 Å². The van der Waals surface area contributed by atoms with Gasteiger partial charge >= 0.3 is 0 Å². The van der Waals surface area contributed by atoms with Crippen molar-refractivity contribution < 1.29 is 9.47 Å². The minimum Gasteiger partial charge on any atom is -0.378 e. The average molecular weight is 271 g/mol. The molecule has 2 aliphatic heterocycles. The van der Waals surface area contributed by atoms with Crippen molar-refractivity contribution in [2.45, 2.75) is 50.3 Å². The molecular weight excluding hydrogens is 242 g/mol. The van der Waals surface area contributed by atoms with Crippen LogP contribution in [0.3, 0.4) is 0 Å². The summed E-state index contributed by atoms with van der Waals surface area (Å²) in [6.45, 7) is 6.86. The lowest BCUT2D eigenvalue weighted by atomic mass is 9.75. The topological polar surface area (TPSA) is 59.8 Å². The highest BCUT2D eigenvalue weighted by Gasteiger charge is 2.46. The minimum atomic E-state index is -0.0551. The van der Waals surface area contributed by atoms with Crippen molar-refractivity contribution in [1.29, 1.82) is 0 Å². The maximum Gasteiger partial charge on any atom is 0.0939 e. The number of nitrogens with two attached hydrogens (primary N) is 1. The second kappa shape index (κ2) is 5.66. The van der Waals surface area contributed by atoms with Crippen LogP contribution in [0.2, 0.25) is 0 Å². The molecule has 1 spiro atoms. The molecule has 0 aromatic rings. The molecule has 0 saturated carbocycles. The van der Waals surface area contributed by atoms with Crippen molar-refractivity contribution in [3.8, 4) is 0 Å². The summed E-state index contributed by atoms with van der Waals surface area (Å²) in [4.78, 5) is 2.24. The van der Waals surface area contributed by atoms with Gasteiger partial charge in [-0.1, -0.05) is 0 Å². The van der Waals surface area contributed by atoms with Crippen molar-refractivity contribution in [1.82, 2.24) is 10.3 Å². The van der Waals surface area contributed by atoms with Crippen LogP contribution in [-0.2, 0) is 9.47 Å². The third-order valence-corrected chi connectivity index (χ3v) is 5.16. The van der Waals surface area contributed by atoms with Gasteiger partial charge in [0.05, 0.1) is 12.2 Å². The van der Waals surface area contributed by atoms with Gasteiger partial charge in [-0.2, -0.15) is 0 Å². The lowest BCUT2D eigenvalue weighted by Gasteiger charge is -2.47. The van der Waals surface area contributed by atoms with Gasteiger partial charge in [0.15, 0.2) is 0 Å². The molecule has 3 N–H and O–H groups in total. The van der Waals surface area contributed by atoms with E-state index in [4.69, 9.17) is 15.3 Å². The smallest absolute Gasteiger partial charge is 0.0939 e. The minimum absolute atomic E-state index is 0.0113. The molecule has 0 aromatic heterocycles. The van der Waals surface area contributed by atoms with Gasteiger partial charge in [-0.15, -0.1) is 0 Å². The van der Waals surface area contributed by atoms with Crippen LogP contribution in [0.5, 0.6) is 0 Å². The summed E-state index contributed by atoms with van der Waals surface area (Å²) in [6, 6.07) is 0.254. The fraction of sp³-hybridized carbons (Fsp3) is 1.00. The van der Waals surface area contributed by atoms with Gasteiger partial charge in [-0.3, -0.25) is 11.3 Å². The van der Waals surface area contributed by atoms with Crippen molar-refractivity contribution in [2.24, 2.45) is 11.8 Å². The number of nitrogens with one attached hydrogen (secondary N) is 1. The highest BCUT2D eigenvalue weighted by atomic mass is 16.6. The van der Waals surface area contributed by atoms with Crippen LogP contribution in [0.15, 0.2) is 0 Å². The predicted octanol–water partition coefficient (Wildman–Crippen LogP) is 0.744. The van der Waals surface area contributed by atoms with E-state index in [1.165, 1.54) is 0 Å². The van der Waals surface area contributed by atoms with E-state index in [1.807, 2.05) is 0 Å². The monoisotopic (exact) mass is 271 g/mol. The summed E-state index contributed by atoms with van der Waals surface area (Å²) in [6.07, 6.45) is 3.12. The Balaban J connectivity index is 2.10. The van der Waals surface area contributed by atoms with Crippen LogP contribution >= 0.6 is 0 Å². The molecule has 2 aliphatic rings. The summed E-state index contributed by atoms with van der Waals surface area (Å²) in [5.41, 5.74) is 3.02. The van der Waals surface area contributed by atoms with E-state index in [0.717, 1.165) is 39.1 Å². The molecule has 0 radical (unpaired) electrons. The summed E-state index contributed by atoms with van der Waals surface area (Å²) in [7, 11) is 4.22. The molecule has 0 amide bonds. The lowest BCUT2D eigenvalue weighted by Crippen LogP contribution is -2.62. The predicted molar refractivity (Wildman–Crippen MR) is 75.7 cm³/mol. The largest absolute Gasteiger partial charge is 0.378 e. The van der Waals surface area contributed by atoms with Crippen LogP contribution in [0.25, 0.3) is 0 Å². The Morgan fingerprint density at radius 2 is 2.11 bits per heavy atom. The molecule has 2 heterocycles. The fourth-order valence-corrected chi connectivity index (χ4v) is 3.41. The highest BCUT2D eigenvalue weighted by molar-refractivity contribution is 5.00. The molecule has 112 valence electrons. The summed E-state index contributed by atoms with van der Waals surface area (Å²) < 4.78 is 11.6. The number of hydrogen-bond donors (Lipinski definition) is 2. The highest BCUT2D eigenvalue weighted by Crippen LogP contribution is 2.39. The molecule has 3 unspecified atom stereocenters. The normalized spacial score (nSPS) is 34.1. The second-order valence-corrected chi connectivity index (χ2v) is 6.78. The lowest BCUT2D eigenvalue weighted by molar-refractivity contribution is -0.110. The summed E-state index contributed by atoms with van der Waals surface area (Å²) >= 11 is 0. The first-order valence-electron chi connectivity index (χ1n) is 7.26. The standard InChI is InChI=1S/C14H29N3O2/c1-13(2,17(3)4)12(16-15)11-5-7-19-14(9-11)6-8-18-10-14/h11-12,16H,5-10,15H2,1-4H3. The van der Waals surface area contributed by atoms with E-state index < -0.39 is 0 Å². The third-order valence-electron chi connectivity index (χ3n) is 5.16. The Kier molecular flexibility index (Phi) is 4.52. The van der Waals surface area contributed by atoms with Crippen LogP contribution < -0.4 is 11.3 Å². The van der Waals surface area contributed by atoms with Gasteiger partial charge in [-0.25, -0.2) is 0 Å². The molecule has 19 heavy (non-hydrogen) atoms. The molecule has 3 atom stereocenters. The SMILES string of the molecule is CN(C)C(C)(C)C(NN)C1CCOC2(CCOC2)C1. The molecule has 0 aliphatic carbocycles. The van der Waals surface area contributed by atoms with E-state index >= 15 is 0 Å². The first-order valence-corrected chi connectivity index (χ1v) is 7.26. The zero-order chi connectivity index (χ0) is 14.1. The van der Waals surface area contributed by atoms with Gasteiger partial charge in [0.25, 0.3) is 0 Å². The second-order valence-electron chi connectivity index (χ2n) is 6.78. The number of likely N-dealkylation sites (N-methyl/N-ethyl adjacent to an activating group) is 1. The average Bonchev–Trinajstić information content (AvgIpc) is 2.77. The van der Waals surface area contributed by atoms with Gasteiger partial charge < -0.3 is 14.4 Å². The summed E-state index contributed by atoms with van der Waals surface area (Å²) in [5, 5.41) is 0. The van der Waals surface area contributed by atoms with Crippen molar-refractivity contribution in [3.05, 3.63) is 0 Å². The quantitative estimate of drug-likeness (QED) is 0.583. The van der Waals surface area contributed by atoms with Crippen LogP contribution in [-0.4, -0.2) is 56.0 Å². The van der Waals surface area contributed by atoms with Crippen molar-refractivity contribution in [2.75, 3.05) is 33.9 Å². The third kappa shape index (κ3) is 2.95. The Labute approximate surface area is 116 Å².